The van der Waals surface area contributed by atoms with Crippen LogP contribution < -0.4 is 14.8 Å². The zero-order valence-electron chi connectivity index (χ0n) is 15.1. The Balaban J connectivity index is 1.58. The van der Waals surface area contributed by atoms with E-state index in [9.17, 15) is 4.79 Å². The van der Waals surface area contributed by atoms with Gasteiger partial charge < -0.3 is 19.2 Å². The summed E-state index contributed by atoms with van der Waals surface area (Å²) in [5.74, 6) is 2.01. The molecule has 28 heavy (non-hydrogen) atoms. The molecule has 2 aromatic heterocycles. The van der Waals surface area contributed by atoms with Gasteiger partial charge in [-0.1, -0.05) is 23.4 Å². The van der Waals surface area contributed by atoms with E-state index in [1.54, 1.807) is 36.6 Å². The molecule has 2 heterocycles. The van der Waals surface area contributed by atoms with Gasteiger partial charge in [0.1, 0.15) is 23.1 Å². The number of nitrogens with zero attached hydrogens (tertiary/aromatic N) is 2. The first-order valence-electron chi connectivity index (χ1n) is 8.07. The van der Waals surface area contributed by atoms with Gasteiger partial charge in [0, 0.05) is 12.1 Å². The third-order valence-corrected chi connectivity index (χ3v) is 4.65. The van der Waals surface area contributed by atoms with Crippen LogP contribution in [0.15, 0.2) is 40.1 Å². The van der Waals surface area contributed by atoms with E-state index in [-0.39, 0.29) is 11.7 Å². The van der Waals surface area contributed by atoms with Crippen LogP contribution in [0.5, 0.6) is 11.5 Å². The average molecular weight is 421 g/mol. The topological polar surface area (TPSA) is 102 Å². The molecule has 0 aliphatic heterocycles. The van der Waals surface area contributed by atoms with E-state index in [1.165, 1.54) is 26.0 Å². The van der Waals surface area contributed by atoms with Crippen molar-refractivity contribution in [3.63, 3.8) is 0 Å². The molecule has 0 aliphatic carbocycles. The first-order chi connectivity index (χ1) is 13.6. The fraction of sp³-hybridized carbons (Fsp3) is 0.167. The number of nitrogens with one attached hydrogen (secondary N) is 2. The van der Waals surface area contributed by atoms with E-state index < -0.39 is 0 Å². The number of carbonyl (C=O) groups excluding carboxylic acids is 1. The summed E-state index contributed by atoms with van der Waals surface area (Å²) >= 11 is 7.26. The summed E-state index contributed by atoms with van der Waals surface area (Å²) in [5.41, 5.74) is 0.464. The number of ether oxygens (including phenoxy) is 2. The SMILES string of the molecule is COc1cc(NC(=O)CSc2n[nH]c(C=Cc3ccco3)n2)c(OC)cc1Cl. The minimum Gasteiger partial charge on any atom is -0.495 e. The minimum absolute atomic E-state index is 0.118. The monoisotopic (exact) mass is 420 g/mol. The van der Waals surface area contributed by atoms with Crippen molar-refractivity contribution in [2.45, 2.75) is 5.16 Å². The number of carbonyl (C=O) groups is 1. The molecule has 146 valence electrons. The van der Waals surface area contributed by atoms with Gasteiger partial charge in [-0.25, -0.2) is 4.98 Å². The Hall–Kier alpha value is -2.91. The summed E-state index contributed by atoms with van der Waals surface area (Å²) in [7, 11) is 2.99. The van der Waals surface area contributed by atoms with Crippen molar-refractivity contribution in [2.75, 3.05) is 25.3 Å². The van der Waals surface area contributed by atoms with Crippen LogP contribution in [-0.2, 0) is 4.79 Å². The number of halogens is 1. The Morgan fingerprint density at radius 2 is 2.14 bits per heavy atom. The summed E-state index contributed by atoms with van der Waals surface area (Å²) in [6, 6.07) is 6.81. The molecule has 8 nitrogen and oxygen atoms in total. The molecule has 0 bridgehead atoms. The molecule has 0 radical (unpaired) electrons. The number of methoxy groups -OCH3 is 2. The molecule has 1 aromatic carbocycles. The van der Waals surface area contributed by atoms with Crippen LogP contribution in [0.4, 0.5) is 5.69 Å². The average Bonchev–Trinajstić information content (AvgIpc) is 3.37. The second-order valence-corrected chi connectivity index (χ2v) is 6.73. The molecule has 0 fully saturated rings. The molecule has 10 heteroatoms. The molecule has 0 saturated heterocycles. The predicted octanol–water partition coefficient (Wildman–Crippen LogP) is 3.97. The zero-order valence-corrected chi connectivity index (χ0v) is 16.6. The maximum absolute atomic E-state index is 12.3. The van der Waals surface area contributed by atoms with Crippen molar-refractivity contribution in [3.05, 3.63) is 47.1 Å². The van der Waals surface area contributed by atoms with Crippen LogP contribution in [0.1, 0.15) is 11.6 Å². The molecule has 3 rings (SSSR count). The number of hydrogen-bond donors (Lipinski definition) is 2. The Morgan fingerprint density at radius 1 is 1.32 bits per heavy atom. The fourth-order valence-electron chi connectivity index (χ4n) is 2.22. The predicted molar refractivity (Wildman–Crippen MR) is 108 cm³/mol. The lowest BCUT2D eigenvalue weighted by molar-refractivity contribution is -0.113. The van der Waals surface area contributed by atoms with E-state index in [1.807, 2.05) is 6.07 Å². The van der Waals surface area contributed by atoms with Crippen molar-refractivity contribution in [3.8, 4) is 11.5 Å². The van der Waals surface area contributed by atoms with Crippen LogP contribution in [0.3, 0.4) is 0 Å². The zero-order chi connectivity index (χ0) is 19.9. The molecular weight excluding hydrogens is 404 g/mol. The van der Waals surface area contributed by atoms with Crippen LogP contribution in [-0.4, -0.2) is 41.1 Å². The Morgan fingerprint density at radius 3 is 2.86 bits per heavy atom. The summed E-state index contributed by atoms with van der Waals surface area (Å²) in [5, 5.41) is 10.5. The molecule has 3 aromatic rings. The van der Waals surface area contributed by atoms with Gasteiger partial charge in [-0.3, -0.25) is 9.89 Å². The number of H-pyrrole nitrogens is 1. The number of anilines is 1. The highest BCUT2D eigenvalue weighted by molar-refractivity contribution is 7.99. The molecule has 0 saturated carbocycles. The van der Waals surface area contributed by atoms with Crippen LogP contribution >= 0.6 is 23.4 Å². The largest absolute Gasteiger partial charge is 0.495 e. The van der Waals surface area contributed by atoms with E-state index in [4.69, 9.17) is 25.5 Å². The summed E-state index contributed by atoms with van der Waals surface area (Å²) < 4.78 is 15.6. The van der Waals surface area contributed by atoms with Gasteiger partial charge in [-0.2, -0.15) is 0 Å². The van der Waals surface area contributed by atoms with Gasteiger partial charge in [-0.05, 0) is 24.3 Å². The van der Waals surface area contributed by atoms with Crippen molar-refractivity contribution in [1.29, 1.82) is 0 Å². The molecule has 1 amide bonds. The number of thioether (sulfide) groups is 1. The number of furan rings is 1. The van der Waals surface area contributed by atoms with Gasteiger partial charge in [0.15, 0.2) is 0 Å². The first kappa shape index (κ1) is 19.8. The van der Waals surface area contributed by atoms with Gasteiger partial charge in [-0.15, -0.1) is 5.10 Å². The number of rotatable bonds is 8. The molecule has 0 spiro atoms. The van der Waals surface area contributed by atoms with Crippen molar-refractivity contribution in [1.82, 2.24) is 15.2 Å². The number of benzene rings is 1. The number of aromatic nitrogens is 3. The summed E-state index contributed by atoms with van der Waals surface area (Å²) in [6.45, 7) is 0. The second kappa shape index (κ2) is 9.34. The lowest BCUT2D eigenvalue weighted by atomic mass is 10.2. The Labute approximate surface area is 170 Å². The highest BCUT2D eigenvalue weighted by Crippen LogP contribution is 2.35. The quantitative estimate of drug-likeness (QED) is 0.531. The minimum atomic E-state index is -0.245. The fourth-order valence-corrected chi connectivity index (χ4v) is 3.06. The second-order valence-electron chi connectivity index (χ2n) is 5.38. The van der Waals surface area contributed by atoms with Crippen LogP contribution in [0, 0.1) is 0 Å². The van der Waals surface area contributed by atoms with Crippen molar-refractivity contribution in [2.24, 2.45) is 0 Å². The maximum Gasteiger partial charge on any atom is 0.234 e. The van der Waals surface area contributed by atoms with E-state index in [2.05, 4.69) is 20.5 Å². The smallest absolute Gasteiger partial charge is 0.234 e. The van der Waals surface area contributed by atoms with E-state index in [0.717, 1.165) is 0 Å². The van der Waals surface area contributed by atoms with E-state index in [0.29, 0.717) is 39.0 Å². The highest BCUT2D eigenvalue weighted by Gasteiger charge is 2.13. The standard InChI is InChI=1S/C18H17ClN4O4S/c1-25-14-9-13(15(26-2)8-12(14)19)20-17(24)10-28-18-21-16(22-23-18)6-5-11-4-3-7-27-11/h3-9H,10H2,1-2H3,(H,20,24)(H,21,22,23). The lowest BCUT2D eigenvalue weighted by Crippen LogP contribution is -2.15. The number of amides is 1. The molecule has 0 atom stereocenters. The molecular formula is C18H17ClN4O4S. The number of hydrogen-bond acceptors (Lipinski definition) is 7. The van der Waals surface area contributed by atoms with Gasteiger partial charge in [0.25, 0.3) is 0 Å². The normalized spacial score (nSPS) is 11.0. The lowest BCUT2D eigenvalue weighted by Gasteiger charge is -2.12. The van der Waals surface area contributed by atoms with Gasteiger partial charge >= 0.3 is 0 Å². The maximum atomic E-state index is 12.3. The van der Waals surface area contributed by atoms with Crippen LogP contribution in [0.25, 0.3) is 12.2 Å². The highest BCUT2D eigenvalue weighted by atomic mass is 35.5. The number of aromatic amines is 1. The summed E-state index contributed by atoms with van der Waals surface area (Å²) in [4.78, 5) is 16.6. The van der Waals surface area contributed by atoms with Gasteiger partial charge in [0.2, 0.25) is 11.1 Å². The summed E-state index contributed by atoms with van der Waals surface area (Å²) in [6.07, 6.45) is 5.09. The molecule has 0 aliphatic rings. The third kappa shape index (κ3) is 5.08. The van der Waals surface area contributed by atoms with Crippen molar-refractivity contribution < 1.29 is 18.7 Å². The van der Waals surface area contributed by atoms with Crippen molar-refractivity contribution >= 4 is 47.1 Å². The Kier molecular flexibility index (Phi) is 6.62. The Bertz CT molecular complexity index is 972. The van der Waals surface area contributed by atoms with E-state index >= 15 is 0 Å². The van der Waals surface area contributed by atoms with Crippen LogP contribution in [0.2, 0.25) is 5.02 Å². The third-order valence-electron chi connectivity index (χ3n) is 3.51. The first-order valence-corrected chi connectivity index (χ1v) is 9.43. The molecule has 0 unspecified atom stereocenters. The molecule has 2 N–H and O–H groups in total. The van der Waals surface area contributed by atoms with Gasteiger partial charge in [0.05, 0.1) is 36.9 Å².